The number of ether oxygens (including phenoxy) is 1. The van der Waals surface area contributed by atoms with E-state index in [4.69, 9.17) is 4.74 Å². The number of benzene rings is 1. The zero-order chi connectivity index (χ0) is 10.7. The number of aryl methyl sites for hydroxylation is 1. The Labute approximate surface area is 82.7 Å². The number of hydrogen-bond donors (Lipinski definition) is 0. The van der Waals surface area contributed by atoms with E-state index >= 15 is 0 Å². The molecule has 1 aromatic carbocycles. The van der Waals surface area contributed by atoms with Crippen molar-refractivity contribution in [1.82, 2.24) is 0 Å². The lowest BCUT2D eigenvalue weighted by Gasteiger charge is -2.16. The van der Waals surface area contributed by atoms with E-state index < -0.39 is 6.43 Å². The molecule has 0 fully saturated rings. The quantitative estimate of drug-likeness (QED) is 0.722. The van der Waals surface area contributed by atoms with E-state index in [0.29, 0.717) is 5.75 Å². The summed E-state index contributed by atoms with van der Waals surface area (Å²) in [5.41, 5.74) is 0.718. The molecule has 0 saturated carbocycles. The summed E-state index contributed by atoms with van der Waals surface area (Å²) >= 11 is 0. The molecule has 1 rings (SSSR count). The summed E-state index contributed by atoms with van der Waals surface area (Å²) in [7, 11) is 0. The van der Waals surface area contributed by atoms with Crippen molar-refractivity contribution in [3.8, 4) is 5.75 Å². The fourth-order valence-electron chi connectivity index (χ4n) is 1.24. The van der Waals surface area contributed by atoms with Crippen LogP contribution in [0.2, 0.25) is 0 Å². The smallest absolute Gasteiger partial charge is 0.267 e. The molecule has 0 unspecified atom stereocenters. The summed E-state index contributed by atoms with van der Waals surface area (Å²) < 4.78 is 30.5. The van der Waals surface area contributed by atoms with Gasteiger partial charge in [0.1, 0.15) is 5.75 Å². The third kappa shape index (κ3) is 2.44. The Morgan fingerprint density at radius 2 is 1.86 bits per heavy atom. The van der Waals surface area contributed by atoms with Gasteiger partial charge in [-0.15, -0.1) is 0 Å². The van der Waals surface area contributed by atoms with Gasteiger partial charge in [0.2, 0.25) is 0 Å². The first-order chi connectivity index (χ1) is 6.52. The molecule has 78 valence electrons. The highest BCUT2D eigenvalue weighted by atomic mass is 19.3. The lowest BCUT2D eigenvalue weighted by molar-refractivity contribution is 0.141. The maximum atomic E-state index is 12.6. The second-order valence-electron chi connectivity index (χ2n) is 3.46. The van der Waals surface area contributed by atoms with Gasteiger partial charge in [0.05, 0.1) is 11.7 Å². The van der Waals surface area contributed by atoms with Crippen molar-refractivity contribution >= 4 is 0 Å². The highest BCUT2D eigenvalue weighted by molar-refractivity contribution is 5.41. The van der Waals surface area contributed by atoms with Crippen molar-refractivity contribution in [2.24, 2.45) is 0 Å². The molecule has 0 aliphatic heterocycles. The van der Waals surface area contributed by atoms with Gasteiger partial charge in [0.25, 0.3) is 6.43 Å². The maximum absolute atomic E-state index is 12.6. The molecule has 14 heavy (non-hydrogen) atoms. The molecular formula is C11H14F2O. The summed E-state index contributed by atoms with van der Waals surface area (Å²) in [6.45, 7) is 5.41. The number of rotatable bonds is 3. The van der Waals surface area contributed by atoms with E-state index in [1.54, 1.807) is 19.1 Å². The minimum Gasteiger partial charge on any atom is -0.490 e. The van der Waals surface area contributed by atoms with Crippen molar-refractivity contribution in [1.29, 1.82) is 0 Å². The van der Waals surface area contributed by atoms with E-state index in [9.17, 15) is 8.78 Å². The third-order valence-corrected chi connectivity index (χ3v) is 1.83. The first-order valence-corrected chi connectivity index (χ1v) is 4.56. The van der Waals surface area contributed by atoms with Crippen LogP contribution in [0.15, 0.2) is 18.2 Å². The standard InChI is InChI=1S/C11H14F2O/c1-7(2)14-10-8(3)5-4-6-9(10)11(12)13/h4-7,11H,1-3H3. The first-order valence-electron chi connectivity index (χ1n) is 4.56. The Morgan fingerprint density at radius 3 is 2.36 bits per heavy atom. The van der Waals surface area contributed by atoms with Gasteiger partial charge in [0, 0.05) is 0 Å². The highest BCUT2D eigenvalue weighted by Gasteiger charge is 2.16. The Bertz CT molecular complexity index is 308. The summed E-state index contributed by atoms with van der Waals surface area (Å²) in [5, 5.41) is 0. The normalized spacial score (nSPS) is 11.1. The van der Waals surface area contributed by atoms with Crippen molar-refractivity contribution < 1.29 is 13.5 Å². The van der Waals surface area contributed by atoms with Crippen molar-refractivity contribution in [3.63, 3.8) is 0 Å². The van der Waals surface area contributed by atoms with Gasteiger partial charge < -0.3 is 4.74 Å². The monoisotopic (exact) mass is 200 g/mol. The van der Waals surface area contributed by atoms with Crippen LogP contribution in [-0.2, 0) is 0 Å². The van der Waals surface area contributed by atoms with E-state index in [2.05, 4.69) is 0 Å². The summed E-state index contributed by atoms with van der Waals surface area (Å²) in [6.07, 6.45) is -2.57. The SMILES string of the molecule is Cc1cccc(C(F)F)c1OC(C)C. The fraction of sp³-hybridized carbons (Fsp3) is 0.455. The second-order valence-corrected chi connectivity index (χ2v) is 3.46. The van der Waals surface area contributed by atoms with Crippen molar-refractivity contribution in [3.05, 3.63) is 29.3 Å². The zero-order valence-corrected chi connectivity index (χ0v) is 8.55. The summed E-state index contributed by atoms with van der Waals surface area (Å²) in [5.74, 6) is 0.317. The molecule has 1 nitrogen and oxygen atoms in total. The molecule has 1 aromatic rings. The predicted octanol–water partition coefficient (Wildman–Crippen LogP) is 3.72. The Balaban J connectivity index is 3.09. The zero-order valence-electron chi connectivity index (χ0n) is 8.55. The lowest BCUT2D eigenvalue weighted by Crippen LogP contribution is -2.08. The summed E-state index contributed by atoms with van der Waals surface area (Å²) in [4.78, 5) is 0. The molecule has 0 aliphatic carbocycles. The van der Waals surface area contributed by atoms with Crippen LogP contribution in [0.3, 0.4) is 0 Å². The molecule has 3 heteroatoms. The summed E-state index contributed by atoms with van der Waals surface area (Å²) in [6, 6.07) is 4.78. The van der Waals surface area contributed by atoms with Crippen LogP contribution < -0.4 is 4.74 Å². The average Bonchev–Trinajstić information content (AvgIpc) is 2.07. The topological polar surface area (TPSA) is 9.23 Å². The van der Waals surface area contributed by atoms with Gasteiger partial charge in [-0.05, 0) is 32.4 Å². The van der Waals surface area contributed by atoms with E-state index in [1.165, 1.54) is 6.07 Å². The highest BCUT2D eigenvalue weighted by Crippen LogP contribution is 2.32. The van der Waals surface area contributed by atoms with Crippen LogP contribution in [0.5, 0.6) is 5.75 Å². The fourth-order valence-corrected chi connectivity index (χ4v) is 1.24. The van der Waals surface area contributed by atoms with Crippen LogP contribution in [0.25, 0.3) is 0 Å². The van der Waals surface area contributed by atoms with Crippen LogP contribution in [-0.4, -0.2) is 6.10 Å². The van der Waals surface area contributed by atoms with Gasteiger partial charge in [-0.3, -0.25) is 0 Å². The predicted molar refractivity (Wildman–Crippen MR) is 51.9 cm³/mol. The van der Waals surface area contributed by atoms with Crippen LogP contribution >= 0.6 is 0 Å². The van der Waals surface area contributed by atoms with Gasteiger partial charge in [-0.2, -0.15) is 0 Å². The Morgan fingerprint density at radius 1 is 1.21 bits per heavy atom. The van der Waals surface area contributed by atoms with Gasteiger partial charge >= 0.3 is 0 Å². The number of halogens is 2. The third-order valence-electron chi connectivity index (χ3n) is 1.83. The number of alkyl halides is 2. The minimum atomic E-state index is -2.48. The maximum Gasteiger partial charge on any atom is 0.267 e. The van der Waals surface area contributed by atoms with Crippen LogP contribution in [0, 0.1) is 6.92 Å². The number of para-hydroxylation sites is 1. The lowest BCUT2D eigenvalue weighted by atomic mass is 10.1. The van der Waals surface area contributed by atoms with E-state index in [0.717, 1.165) is 5.56 Å². The Hall–Kier alpha value is -1.12. The van der Waals surface area contributed by atoms with E-state index in [-0.39, 0.29) is 11.7 Å². The molecular weight excluding hydrogens is 186 g/mol. The minimum absolute atomic E-state index is 0.0290. The van der Waals surface area contributed by atoms with Crippen LogP contribution in [0.1, 0.15) is 31.4 Å². The van der Waals surface area contributed by atoms with E-state index in [1.807, 2.05) is 13.8 Å². The molecule has 0 spiro atoms. The average molecular weight is 200 g/mol. The van der Waals surface area contributed by atoms with Crippen molar-refractivity contribution in [2.45, 2.75) is 33.3 Å². The largest absolute Gasteiger partial charge is 0.490 e. The molecule has 0 aromatic heterocycles. The number of hydrogen-bond acceptors (Lipinski definition) is 1. The molecule has 0 N–H and O–H groups in total. The second kappa shape index (κ2) is 4.40. The molecule has 0 radical (unpaired) electrons. The molecule has 0 saturated heterocycles. The molecule has 0 aliphatic rings. The van der Waals surface area contributed by atoms with Crippen LogP contribution in [0.4, 0.5) is 8.78 Å². The molecule has 0 heterocycles. The van der Waals surface area contributed by atoms with Gasteiger partial charge in [-0.25, -0.2) is 8.78 Å². The molecule has 0 atom stereocenters. The molecule has 0 amide bonds. The van der Waals surface area contributed by atoms with Gasteiger partial charge in [-0.1, -0.05) is 12.1 Å². The van der Waals surface area contributed by atoms with Crippen molar-refractivity contribution in [2.75, 3.05) is 0 Å². The van der Waals surface area contributed by atoms with Gasteiger partial charge in [0.15, 0.2) is 0 Å². The first kappa shape index (κ1) is 11.0. The molecule has 0 bridgehead atoms. The Kier molecular flexibility index (Phi) is 3.44.